The number of nitrogens with zero attached hydrogens (tertiary/aromatic N) is 6. The number of morpholine rings is 1. The van der Waals surface area contributed by atoms with E-state index in [1.807, 2.05) is 30.3 Å². The van der Waals surface area contributed by atoms with E-state index in [-0.39, 0.29) is 6.17 Å². The largest absolute Gasteiger partial charge is 0.497 e. The smallest absolute Gasteiger partial charge is 0.216 e. The quantitative estimate of drug-likeness (QED) is 0.577. The summed E-state index contributed by atoms with van der Waals surface area (Å²) in [5.74, 6) is 3.22. The zero-order valence-corrected chi connectivity index (χ0v) is 20.2. The van der Waals surface area contributed by atoms with E-state index < -0.39 is 0 Å². The fraction of sp³-hybridized carbons (Fsp3) is 0.440. The topological polar surface area (TPSA) is 79.6 Å². The summed E-state index contributed by atoms with van der Waals surface area (Å²) in [5.41, 5.74) is 3.01. The van der Waals surface area contributed by atoms with Crippen LogP contribution < -0.4 is 19.7 Å². The van der Waals surface area contributed by atoms with Crippen molar-refractivity contribution in [2.24, 2.45) is 4.99 Å². The molecule has 4 heterocycles. The van der Waals surface area contributed by atoms with Gasteiger partial charge in [-0.15, -0.1) is 0 Å². The van der Waals surface area contributed by atoms with Crippen molar-refractivity contribution in [2.45, 2.75) is 6.17 Å². The Labute approximate surface area is 204 Å². The Hall–Kier alpha value is -3.34. The van der Waals surface area contributed by atoms with Crippen molar-refractivity contribution < 1.29 is 14.2 Å². The maximum absolute atomic E-state index is 5.76. The van der Waals surface area contributed by atoms with Gasteiger partial charge >= 0.3 is 0 Å². The van der Waals surface area contributed by atoms with Gasteiger partial charge in [0.2, 0.25) is 11.9 Å². The van der Waals surface area contributed by atoms with Gasteiger partial charge in [-0.05, 0) is 24.3 Å². The molecule has 184 valence electrons. The summed E-state index contributed by atoms with van der Waals surface area (Å²) in [5, 5.41) is 3.67. The first kappa shape index (κ1) is 22.1. The number of rotatable bonds is 6. The lowest BCUT2D eigenvalue weighted by atomic mass is 10.1. The number of imidazole rings is 1. The maximum atomic E-state index is 5.76. The van der Waals surface area contributed by atoms with E-state index in [9.17, 15) is 0 Å². The van der Waals surface area contributed by atoms with Gasteiger partial charge in [0, 0.05) is 37.8 Å². The lowest BCUT2D eigenvalue weighted by Gasteiger charge is -2.42. The Bertz CT molecular complexity index is 1240. The van der Waals surface area contributed by atoms with Crippen molar-refractivity contribution in [3.8, 4) is 11.5 Å². The van der Waals surface area contributed by atoms with Gasteiger partial charge in [-0.3, -0.25) is 19.3 Å². The average Bonchev–Trinajstić information content (AvgIpc) is 3.32. The summed E-state index contributed by atoms with van der Waals surface area (Å²) in [6.07, 6.45) is -0.215. The maximum Gasteiger partial charge on any atom is 0.216 e. The zero-order chi connectivity index (χ0) is 23.8. The van der Waals surface area contributed by atoms with Crippen molar-refractivity contribution in [3.05, 3.63) is 48.0 Å². The van der Waals surface area contributed by atoms with Crippen molar-refractivity contribution >= 4 is 22.9 Å². The minimum atomic E-state index is -0.215. The number of aliphatic imine (C=N–C) groups is 1. The first-order chi connectivity index (χ1) is 17.2. The molecule has 35 heavy (non-hydrogen) atoms. The highest BCUT2D eigenvalue weighted by Crippen LogP contribution is 2.38. The summed E-state index contributed by atoms with van der Waals surface area (Å²) >= 11 is 0. The predicted molar refractivity (Wildman–Crippen MR) is 134 cm³/mol. The number of hydrogen-bond donors (Lipinski definition) is 1. The molecule has 3 aromatic rings. The molecule has 6 rings (SSSR count). The van der Waals surface area contributed by atoms with Crippen LogP contribution in [0.3, 0.4) is 0 Å². The van der Waals surface area contributed by atoms with Gasteiger partial charge < -0.3 is 19.5 Å². The lowest BCUT2D eigenvalue weighted by Crippen LogP contribution is -2.58. The van der Waals surface area contributed by atoms with Crippen LogP contribution in [-0.4, -0.2) is 92.3 Å². The van der Waals surface area contributed by atoms with E-state index in [1.54, 1.807) is 14.2 Å². The first-order valence-corrected chi connectivity index (χ1v) is 12.0. The third kappa shape index (κ3) is 4.07. The SMILES string of the molecule is COc1ccc([C@@H]2NC3=NCN(CCN4CCOCC4)CN3c3nc4ccccc4n32)c(OC)c1. The van der Waals surface area contributed by atoms with Gasteiger partial charge in [0.1, 0.15) is 17.7 Å². The summed E-state index contributed by atoms with van der Waals surface area (Å²) in [6.45, 7) is 6.96. The number of nitrogens with one attached hydrogen (secondary N) is 1. The van der Waals surface area contributed by atoms with Crippen LogP contribution in [0.4, 0.5) is 5.95 Å². The molecular weight excluding hydrogens is 446 g/mol. The molecule has 0 aliphatic carbocycles. The molecule has 1 N–H and O–H groups in total. The summed E-state index contributed by atoms with van der Waals surface area (Å²) < 4.78 is 18.9. The summed E-state index contributed by atoms with van der Waals surface area (Å²) in [4.78, 5) is 17.0. The molecule has 2 aromatic carbocycles. The second-order valence-corrected chi connectivity index (χ2v) is 8.97. The van der Waals surface area contributed by atoms with Crippen molar-refractivity contribution in [1.82, 2.24) is 24.7 Å². The Morgan fingerprint density at radius 1 is 1.03 bits per heavy atom. The third-order valence-corrected chi connectivity index (χ3v) is 6.93. The molecule has 1 saturated heterocycles. The number of fused-ring (bicyclic) bond motifs is 5. The molecule has 0 saturated carbocycles. The number of aromatic nitrogens is 2. The van der Waals surface area contributed by atoms with Gasteiger partial charge in [-0.2, -0.15) is 0 Å². The first-order valence-electron chi connectivity index (χ1n) is 12.0. The van der Waals surface area contributed by atoms with E-state index in [4.69, 9.17) is 24.2 Å². The minimum Gasteiger partial charge on any atom is -0.497 e. The molecule has 0 amide bonds. The second-order valence-electron chi connectivity index (χ2n) is 8.97. The summed E-state index contributed by atoms with van der Waals surface area (Å²) in [6, 6.07) is 14.2. The van der Waals surface area contributed by atoms with Crippen LogP contribution in [0, 0.1) is 0 Å². The van der Waals surface area contributed by atoms with Crippen LogP contribution in [0.25, 0.3) is 11.0 Å². The average molecular weight is 478 g/mol. The summed E-state index contributed by atoms with van der Waals surface area (Å²) in [7, 11) is 3.35. The van der Waals surface area contributed by atoms with Gasteiger partial charge in [0.25, 0.3) is 0 Å². The molecule has 0 unspecified atom stereocenters. The number of anilines is 1. The van der Waals surface area contributed by atoms with E-state index in [0.29, 0.717) is 6.67 Å². The number of para-hydroxylation sites is 2. The van der Waals surface area contributed by atoms with Gasteiger partial charge in [0.05, 0.1) is 51.8 Å². The van der Waals surface area contributed by atoms with Crippen LogP contribution in [-0.2, 0) is 4.74 Å². The Morgan fingerprint density at radius 3 is 2.69 bits per heavy atom. The van der Waals surface area contributed by atoms with Crippen LogP contribution in [0.2, 0.25) is 0 Å². The monoisotopic (exact) mass is 477 g/mol. The van der Waals surface area contributed by atoms with Crippen molar-refractivity contribution in [3.63, 3.8) is 0 Å². The number of methoxy groups -OCH3 is 2. The molecule has 0 spiro atoms. The van der Waals surface area contributed by atoms with E-state index in [2.05, 4.69) is 36.7 Å². The van der Waals surface area contributed by atoms with Gasteiger partial charge in [-0.1, -0.05) is 12.1 Å². The number of benzene rings is 2. The fourth-order valence-corrected chi connectivity index (χ4v) is 5.02. The van der Waals surface area contributed by atoms with Crippen molar-refractivity contribution in [2.75, 3.05) is 71.8 Å². The highest BCUT2D eigenvalue weighted by atomic mass is 16.5. The molecule has 10 heteroatoms. The highest BCUT2D eigenvalue weighted by molar-refractivity contribution is 5.99. The molecule has 1 aromatic heterocycles. The fourth-order valence-electron chi connectivity index (χ4n) is 5.02. The Morgan fingerprint density at radius 2 is 1.86 bits per heavy atom. The molecule has 3 aliphatic heterocycles. The zero-order valence-electron chi connectivity index (χ0n) is 20.2. The predicted octanol–water partition coefficient (Wildman–Crippen LogP) is 1.93. The van der Waals surface area contributed by atoms with Crippen molar-refractivity contribution in [1.29, 1.82) is 0 Å². The second kappa shape index (κ2) is 9.37. The molecular formula is C25H31N7O3. The van der Waals surface area contributed by atoms with Crippen LogP contribution in [0.5, 0.6) is 11.5 Å². The third-order valence-electron chi connectivity index (χ3n) is 6.93. The van der Waals surface area contributed by atoms with Gasteiger partial charge in [0.15, 0.2) is 0 Å². The Balaban J connectivity index is 1.35. The van der Waals surface area contributed by atoms with E-state index in [0.717, 1.165) is 86.1 Å². The standard InChI is InChI=1S/C25H31N7O3/c1-33-18-7-8-19(22(15-18)34-2)23-28-24-26-16-30(10-9-29-11-13-35-14-12-29)17-31(24)25-27-20-5-3-4-6-21(20)32(23)25/h3-8,15,23H,9-14,16-17H2,1-2H3,(H,26,28)/t23-/m1/s1. The molecule has 1 fully saturated rings. The molecule has 3 aliphatic rings. The lowest BCUT2D eigenvalue weighted by molar-refractivity contribution is 0.0334. The van der Waals surface area contributed by atoms with Gasteiger partial charge in [-0.25, -0.2) is 9.98 Å². The van der Waals surface area contributed by atoms with E-state index >= 15 is 0 Å². The molecule has 0 radical (unpaired) electrons. The number of hydrogen-bond acceptors (Lipinski definition) is 9. The molecule has 10 nitrogen and oxygen atoms in total. The number of ether oxygens (including phenoxy) is 3. The van der Waals surface area contributed by atoms with E-state index in [1.165, 1.54) is 0 Å². The van der Waals surface area contributed by atoms with Crippen LogP contribution >= 0.6 is 0 Å². The normalized spacial score (nSPS) is 20.7. The van der Waals surface area contributed by atoms with Crippen LogP contribution in [0.15, 0.2) is 47.5 Å². The molecule has 0 bridgehead atoms. The van der Waals surface area contributed by atoms with Crippen LogP contribution in [0.1, 0.15) is 11.7 Å². The minimum absolute atomic E-state index is 0.215. The number of guanidine groups is 1. The highest BCUT2D eigenvalue weighted by Gasteiger charge is 2.37. The molecule has 1 atom stereocenters. The Kier molecular flexibility index (Phi) is 5.93.